The summed E-state index contributed by atoms with van der Waals surface area (Å²) in [6.45, 7) is 4.30. The molecule has 96 valence electrons. The predicted octanol–water partition coefficient (Wildman–Crippen LogP) is 2.92. The fourth-order valence-corrected chi connectivity index (χ4v) is 1.99. The maximum Gasteiger partial charge on any atom is 0.158 e. The van der Waals surface area contributed by atoms with Gasteiger partial charge in [-0.25, -0.2) is 9.67 Å². The third-order valence-corrected chi connectivity index (χ3v) is 2.98. The van der Waals surface area contributed by atoms with E-state index in [1.54, 1.807) is 10.7 Å². The van der Waals surface area contributed by atoms with Crippen molar-refractivity contribution in [2.75, 3.05) is 5.73 Å². The van der Waals surface area contributed by atoms with Crippen LogP contribution in [0.25, 0.3) is 11.4 Å². The summed E-state index contributed by atoms with van der Waals surface area (Å²) in [5.41, 5.74) is 7.21. The molecule has 0 saturated heterocycles. The molecule has 0 unspecified atom stereocenters. The van der Waals surface area contributed by atoms with Gasteiger partial charge in [0.15, 0.2) is 11.6 Å². The Bertz CT molecular complexity index is 560. The molecule has 0 saturated carbocycles. The lowest BCUT2D eigenvalue weighted by atomic mass is 10.1. The van der Waals surface area contributed by atoms with E-state index < -0.39 is 0 Å². The van der Waals surface area contributed by atoms with Crippen molar-refractivity contribution in [1.82, 2.24) is 14.8 Å². The molecule has 0 radical (unpaired) electrons. The SMILES string of the molecule is CC(C)Cc1nc(-c2ccc(N)c(Cl)c2)n(C)n1. The molecule has 2 aromatic rings. The second-order valence-electron chi connectivity index (χ2n) is 4.81. The molecule has 0 spiro atoms. The lowest BCUT2D eigenvalue weighted by Gasteiger charge is -2.02. The maximum atomic E-state index is 6.02. The number of hydrogen-bond acceptors (Lipinski definition) is 3. The summed E-state index contributed by atoms with van der Waals surface area (Å²) in [5.74, 6) is 2.21. The van der Waals surface area contributed by atoms with Gasteiger partial charge in [0.1, 0.15) is 0 Å². The van der Waals surface area contributed by atoms with Crippen molar-refractivity contribution in [3.8, 4) is 11.4 Å². The van der Waals surface area contributed by atoms with Gasteiger partial charge in [0.05, 0.1) is 10.7 Å². The molecule has 1 aromatic heterocycles. The van der Waals surface area contributed by atoms with Gasteiger partial charge >= 0.3 is 0 Å². The monoisotopic (exact) mass is 264 g/mol. The minimum Gasteiger partial charge on any atom is -0.398 e. The molecule has 0 aliphatic heterocycles. The molecule has 2 N–H and O–H groups in total. The Hall–Kier alpha value is -1.55. The molecule has 1 aromatic carbocycles. The van der Waals surface area contributed by atoms with Gasteiger partial charge in [-0.1, -0.05) is 25.4 Å². The van der Waals surface area contributed by atoms with Crippen molar-refractivity contribution in [2.24, 2.45) is 13.0 Å². The largest absolute Gasteiger partial charge is 0.398 e. The predicted molar refractivity (Wildman–Crippen MR) is 74.4 cm³/mol. The lowest BCUT2D eigenvalue weighted by Crippen LogP contribution is -1.97. The van der Waals surface area contributed by atoms with Gasteiger partial charge in [0.25, 0.3) is 0 Å². The number of nitrogens with zero attached hydrogens (tertiary/aromatic N) is 3. The van der Waals surface area contributed by atoms with E-state index in [-0.39, 0.29) is 0 Å². The molecular formula is C13H17ClN4. The van der Waals surface area contributed by atoms with Crippen molar-refractivity contribution in [3.05, 3.63) is 29.0 Å². The number of anilines is 1. The first-order chi connectivity index (χ1) is 8.47. The summed E-state index contributed by atoms with van der Waals surface area (Å²) in [5, 5.41) is 4.95. The maximum absolute atomic E-state index is 6.02. The Morgan fingerprint density at radius 2 is 2.11 bits per heavy atom. The topological polar surface area (TPSA) is 56.7 Å². The molecule has 18 heavy (non-hydrogen) atoms. The first-order valence-electron chi connectivity index (χ1n) is 5.92. The van der Waals surface area contributed by atoms with Crippen LogP contribution in [0.5, 0.6) is 0 Å². The summed E-state index contributed by atoms with van der Waals surface area (Å²) < 4.78 is 1.78. The van der Waals surface area contributed by atoms with Crippen LogP contribution < -0.4 is 5.73 Å². The number of aryl methyl sites for hydroxylation is 1. The van der Waals surface area contributed by atoms with Gasteiger partial charge in [-0.2, -0.15) is 5.10 Å². The van der Waals surface area contributed by atoms with E-state index in [2.05, 4.69) is 23.9 Å². The number of nitrogen functional groups attached to an aromatic ring is 1. The summed E-state index contributed by atoms with van der Waals surface area (Å²) >= 11 is 6.02. The molecule has 0 aliphatic carbocycles. The van der Waals surface area contributed by atoms with Gasteiger partial charge in [-0.05, 0) is 24.1 Å². The number of nitrogens with two attached hydrogens (primary N) is 1. The van der Waals surface area contributed by atoms with E-state index in [1.807, 2.05) is 19.2 Å². The summed E-state index contributed by atoms with van der Waals surface area (Å²) in [7, 11) is 1.89. The molecule has 0 amide bonds. The van der Waals surface area contributed by atoms with E-state index in [0.717, 1.165) is 23.6 Å². The summed E-state index contributed by atoms with van der Waals surface area (Å²) in [4.78, 5) is 4.54. The first-order valence-corrected chi connectivity index (χ1v) is 6.30. The van der Waals surface area contributed by atoms with Crippen molar-refractivity contribution in [3.63, 3.8) is 0 Å². The van der Waals surface area contributed by atoms with E-state index in [4.69, 9.17) is 17.3 Å². The van der Waals surface area contributed by atoms with Crippen LogP contribution in [-0.4, -0.2) is 14.8 Å². The second-order valence-corrected chi connectivity index (χ2v) is 5.22. The molecule has 0 atom stereocenters. The third kappa shape index (κ3) is 2.64. The average molecular weight is 265 g/mol. The van der Waals surface area contributed by atoms with Crippen LogP contribution in [0.3, 0.4) is 0 Å². The highest BCUT2D eigenvalue weighted by atomic mass is 35.5. The highest BCUT2D eigenvalue weighted by Gasteiger charge is 2.11. The van der Waals surface area contributed by atoms with Crippen LogP contribution in [0.1, 0.15) is 19.7 Å². The van der Waals surface area contributed by atoms with Crippen LogP contribution >= 0.6 is 11.6 Å². The average Bonchev–Trinajstić information content (AvgIpc) is 2.62. The van der Waals surface area contributed by atoms with Gasteiger partial charge in [-0.3, -0.25) is 0 Å². The van der Waals surface area contributed by atoms with Gasteiger partial charge in [0.2, 0.25) is 0 Å². The van der Waals surface area contributed by atoms with Gasteiger partial charge < -0.3 is 5.73 Å². The van der Waals surface area contributed by atoms with Crippen LogP contribution in [-0.2, 0) is 13.5 Å². The first kappa shape index (κ1) is 12.9. The van der Waals surface area contributed by atoms with Crippen molar-refractivity contribution >= 4 is 17.3 Å². The Labute approximate surface area is 112 Å². The molecule has 5 heteroatoms. The quantitative estimate of drug-likeness (QED) is 0.868. The van der Waals surface area contributed by atoms with Crippen molar-refractivity contribution in [2.45, 2.75) is 20.3 Å². The third-order valence-electron chi connectivity index (χ3n) is 2.66. The molecular weight excluding hydrogens is 248 g/mol. The summed E-state index contributed by atoms with van der Waals surface area (Å²) in [6, 6.07) is 5.51. The highest BCUT2D eigenvalue weighted by Crippen LogP contribution is 2.25. The van der Waals surface area contributed by atoms with Gasteiger partial charge in [-0.15, -0.1) is 0 Å². The van der Waals surface area contributed by atoms with Crippen molar-refractivity contribution in [1.29, 1.82) is 0 Å². The van der Waals surface area contributed by atoms with E-state index in [1.165, 1.54) is 0 Å². The Kier molecular flexibility index (Phi) is 3.57. The fraction of sp³-hybridized carbons (Fsp3) is 0.385. The molecule has 0 aliphatic rings. The number of halogens is 1. The fourth-order valence-electron chi connectivity index (χ4n) is 1.81. The highest BCUT2D eigenvalue weighted by molar-refractivity contribution is 6.33. The molecule has 0 fully saturated rings. The number of aromatic nitrogens is 3. The summed E-state index contributed by atoms with van der Waals surface area (Å²) in [6.07, 6.45) is 0.872. The molecule has 2 rings (SSSR count). The molecule has 1 heterocycles. The van der Waals surface area contributed by atoms with E-state index >= 15 is 0 Å². The molecule has 0 bridgehead atoms. The zero-order chi connectivity index (χ0) is 13.3. The smallest absolute Gasteiger partial charge is 0.158 e. The standard InChI is InChI=1S/C13H17ClN4/c1-8(2)6-12-16-13(18(3)17-12)9-4-5-11(15)10(14)7-9/h4-5,7-8H,6,15H2,1-3H3. The van der Waals surface area contributed by atoms with Crippen molar-refractivity contribution < 1.29 is 0 Å². The zero-order valence-electron chi connectivity index (χ0n) is 10.8. The van der Waals surface area contributed by atoms with E-state index in [9.17, 15) is 0 Å². The van der Waals surface area contributed by atoms with Crippen LogP contribution in [0, 0.1) is 5.92 Å². The van der Waals surface area contributed by atoms with E-state index in [0.29, 0.717) is 16.6 Å². The van der Waals surface area contributed by atoms with Crippen LogP contribution in [0.2, 0.25) is 5.02 Å². The molecule has 4 nitrogen and oxygen atoms in total. The minimum atomic E-state index is 0.537. The Balaban J connectivity index is 2.38. The van der Waals surface area contributed by atoms with Crippen LogP contribution in [0.15, 0.2) is 18.2 Å². The Morgan fingerprint density at radius 3 is 2.72 bits per heavy atom. The number of rotatable bonds is 3. The second kappa shape index (κ2) is 4.98. The lowest BCUT2D eigenvalue weighted by molar-refractivity contribution is 0.613. The number of benzene rings is 1. The minimum absolute atomic E-state index is 0.537. The zero-order valence-corrected chi connectivity index (χ0v) is 11.6. The normalized spacial score (nSPS) is 11.2. The van der Waals surface area contributed by atoms with Crippen LogP contribution in [0.4, 0.5) is 5.69 Å². The Morgan fingerprint density at radius 1 is 1.39 bits per heavy atom. The number of hydrogen-bond donors (Lipinski definition) is 1. The van der Waals surface area contributed by atoms with Gasteiger partial charge in [0, 0.05) is 19.0 Å².